The van der Waals surface area contributed by atoms with Gasteiger partial charge in [0.15, 0.2) is 0 Å². The Bertz CT molecular complexity index is 126. The van der Waals surface area contributed by atoms with E-state index in [0.29, 0.717) is 5.41 Å². The van der Waals surface area contributed by atoms with Crippen molar-refractivity contribution in [3.05, 3.63) is 0 Å². The van der Waals surface area contributed by atoms with E-state index in [0.717, 1.165) is 11.8 Å². The van der Waals surface area contributed by atoms with Crippen LogP contribution in [0.2, 0.25) is 0 Å². The number of hydrogen-bond acceptors (Lipinski definition) is 0. The Balaban J connectivity index is 4.57. The molecule has 0 spiro atoms. The lowest BCUT2D eigenvalue weighted by Crippen LogP contribution is -2.33. The SMILES string of the molecule is CCCCC(CCCC)(C(C)C)C(C)C. The Morgan fingerprint density at radius 3 is 1.27 bits per heavy atom. The van der Waals surface area contributed by atoms with Crippen molar-refractivity contribution in [1.82, 2.24) is 0 Å². The third kappa shape index (κ3) is 4.17. The smallest absolute Gasteiger partial charge is 0.0251 e. The van der Waals surface area contributed by atoms with Crippen molar-refractivity contribution in [3.63, 3.8) is 0 Å². The van der Waals surface area contributed by atoms with Gasteiger partial charge in [-0.3, -0.25) is 0 Å². The minimum absolute atomic E-state index is 0.603. The lowest BCUT2D eigenvalue weighted by atomic mass is 9.63. The topological polar surface area (TPSA) is 0 Å². The number of unbranched alkanes of at least 4 members (excludes halogenated alkanes) is 2. The molecule has 0 radical (unpaired) electrons. The molecule has 0 rings (SSSR count). The van der Waals surface area contributed by atoms with Crippen LogP contribution in [-0.2, 0) is 0 Å². The van der Waals surface area contributed by atoms with Crippen LogP contribution in [0.25, 0.3) is 0 Å². The summed E-state index contributed by atoms with van der Waals surface area (Å²) in [5, 5.41) is 0. The zero-order valence-corrected chi connectivity index (χ0v) is 11.9. The Morgan fingerprint density at radius 1 is 0.733 bits per heavy atom. The summed E-state index contributed by atoms with van der Waals surface area (Å²) in [6.45, 7) is 14.3. The molecule has 0 aromatic carbocycles. The monoisotopic (exact) mass is 212 g/mol. The van der Waals surface area contributed by atoms with Crippen molar-refractivity contribution in [2.75, 3.05) is 0 Å². The highest BCUT2D eigenvalue weighted by molar-refractivity contribution is 4.85. The molecular weight excluding hydrogens is 180 g/mol. The lowest BCUT2D eigenvalue weighted by Gasteiger charge is -2.42. The Morgan fingerprint density at radius 2 is 1.07 bits per heavy atom. The minimum atomic E-state index is 0.603. The first-order valence-corrected chi connectivity index (χ1v) is 7.01. The summed E-state index contributed by atoms with van der Waals surface area (Å²) in [6.07, 6.45) is 8.35. The molecule has 0 nitrogen and oxygen atoms in total. The van der Waals surface area contributed by atoms with E-state index in [1.165, 1.54) is 38.5 Å². The van der Waals surface area contributed by atoms with Crippen molar-refractivity contribution in [3.8, 4) is 0 Å². The molecule has 0 aliphatic heterocycles. The molecule has 0 N–H and O–H groups in total. The molecule has 0 atom stereocenters. The second-order valence-electron chi connectivity index (χ2n) is 5.75. The molecule has 0 fully saturated rings. The fraction of sp³-hybridized carbons (Fsp3) is 1.00. The molecule has 0 aliphatic carbocycles. The van der Waals surface area contributed by atoms with Gasteiger partial charge >= 0.3 is 0 Å². The number of rotatable bonds is 8. The van der Waals surface area contributed by atoms with E-state index in [1.54, 1.807) is 0 Å². The van der Waals surface area contributed by atoms with Gasteiger partial charge in [-0.05, 0) is 30.1 Å². The Kier molecular flexibility index (Phi) is 7.30. The van der Waals surface area contributed by atoms with Crippen LogP contribution in [0, 0.1) is 17.3 Å². The van der Waals surface area contributed by atoms with Crippen molar-refractivity contribution < 1.29 is 0 Å². The zero-order chi connectivity index (χ0) is 11.9. The highest BCUT2D eigenvalue weighted by Crippen LogP contribution is 2.44. The fourth-order valence-electron chi connectivity index (χ4n) is 2.96. The largest absolute Gasteiger partial charge is 0.0654 e. The maximum Gasteiger partial charge on any atom is -0.0251 e. The standard InChI is InChI=1S/C15H32/c1-7-9-11-15(13(3)4,14(5)6)12-10-8-2/h13-14H,7-12H2,1-6H3. The first-order valence-electron chi connectivity index (χ1n) is 7.01. The molecule has 0 heteroatoms. The number of hydrogen-bond donors (Lipinski definition) is 0. The maximum absolute atomic E-state index is 2.42. The highest BCUT2D eigenvalue weighted by atomic mass is 14.4. The van der Waals surface area contributed by atoms with Gasteiger partial charge in [-0.2, -0.15) is 0 Å². The van der Waals surface area contributed by atoms with Gasteiger partial charge in [0.25, 0.3) is 0 Å². The molecule has 0 unspecified atom stereocenters. The summed E-state index contributed by atoms with van der Waals surface area (Å²) >= 11 is 0. The van der Waals surface area contributed by atoms with Crippen molar-refractivity contribution >= 4 is 0 Å². The summed E-state index contributed by atoms with van der Waals surface area (Å²) < 4.78 is 0. The molecule has 0 aliphatic rings. The second-order valence-corrected chi connectivity index (χ2v) is 5.75. The van der Waals surface area contributed by atoms with Gasteiger partial charge in [0.2, 0.25) is 0 Å². The third-order valence-electron chi connectivity index (χ3n) is 4.29. The normalized spacial score (nSPS) is 12.8. The van der Waals surface area contributed by atoms with Crippen LogP contribution in [-0.4, -0.2) is 0 Å². The lowest BCUT2D eigenvalue weighted by molar-refractivity contribution is 0.0790. The Hall–Kier alpha value is 0. The van der Waals surface area contributed by atoms with Crippen LogP contribution in [0.3, 0.4) is 0 Å². The van der Waals surface area contributed by atoms with Gasteiger partial charge in [-0.25, -0.2) is 0 Å². The summed E-state index contributed by atoms with van der Waals surface area (Å²) in [5.41, 5.74) is 0.603. The van der Waals surface area contributed by atoms with Crippen LogP contribution >= 0.6 is 0 Å². The van der Waals surface area contributed by atoms with Gasteiger partial charge in [0.05, 0.1) is 0 Å². The van der Waals surface area contributed by atoms with E-state index >= 15 is 0 Å². The van der Waals surface area contributed by atoms with Gasteiger partial charge in [0, 0.05) is 0 Å². The maximum atomic E-state index is 2.42. The fourth-order valence-corrected chi connectivity index (χ4v) is 2.96. The molecule has 0 saturated carbocycles. The van der Waals surface area contributed by atoms with Gasteiger partial charge in [-0.15, -0.1) is 0 Å². The molecule has 92 valence electrons. The molecule has 0 amide bonds. The van der Waals surface area contributed by atoms with Gasteiger partial charge in [0.1, 0.15) is 0 Å². The summed E-state index contributed by atoms with van der Waals surface area (Å²) in [7, 11) is 0. The summed E-state index contributed by atoms with van der Waals surface area (Å²) in [6, 6.07) is 0. The predicted molar refractivity (Wildman–Crippen MR) is 71.2 cm³/mol. The van der Waals surface area contributed by atoms with E-state index in [-0.39, 0.29) is 0 Å². The van der Waals surface area contributed by atoms with Crippen LogP contribution in [0.1, 0.15) is 80.1 Å². The highest BCUT2D eigenvalue weighted by Gasteiger charge is 2.35. The average molecular weight is 212 g/mol. The molecule has 15 heavy (non-hydrogen) atoms. The van der Waals surface area contributed by atoms with Crippen molar-refractivity contribution in [2.24, 2.45) is 17.3 Å². The third-order valence-corrected chi connectivity index (χ3v) is 4.29. The summed E-state index contributed by atoms with van der Waals surface area (Å²) in [5.74, 6) is 1.66. The van der Waals surface area contributed by atoms with Crippen molar-refractivity contribution in [2.45, 2.75) is 80.1 Å². The van der Waals surface area contributed by atoms with Gasteiger partial charge < -0.3 is 0 Å². The molecule has 0 heterocycles. The molecule has 0 bridgehead atoms. The van der Waals surface area contributed by atoms with E-state index in [2.05, 4.69) is 41.5 Å². The average Bonchev–Trinajstić information content (AvgIpc) is 2.17. The minimum Gasteiger partial charge on any atom is -0.0654 e. The molecular formula is C15H32. The molecule has 0 saturated heterocycles. The zero-order valence-electron chi connectivity index (χ0n) is 11.9. The predicted octanol–water partition coefficient (Wildman–Crippen LogP) is 5.67. The summed E-state index contributed by atoms with van der Waals surface area (Å²) in [4.78, 5) is 0. The van der Waals surface area contributed by atoms with Crippen LogP contribution in [0.15, 0.2) is 0 Å². The molecule has 0 aromatic rings. The van der Waals surface area contributed by atoms with Gasteiger partial charge in [-0.1, -0.05) is 67.2 Å². The van der Waals surface area contributed by atoms with Crippen LogP contribution in [0.5, 0.6) is 0 Å². The van der Waals surface area contributed by atoms with Crippen LogP contribution in [0.4, 0.5) is 0 Å². The quantitative estimate of drug-likeness (QED) is 0.486. The second kappa shape index (κ2) is 7.30. The van der Waals surface area contributed by atoms with E-state index in [9.17, 15) is 0 Å². The first kappa shape index (κ1) is 15.0. The molecule has 0 aromatic heterocycles. The van der Waals surface area contributed by atoms with E-state index < -0.39 is 0 Å². The van der Waals surface area contributed by atoms with Crippen LogP contribution < -0.4 is 0 Å². The van der Waals surface area contributed by atoms with E-state index in [1.807, 2.05) is 0 Å². The first-order chi connectivity index (χ1) is 7.01. The Labute approximate surface area is 97.8 Å². The van der Waals surface area contributed by atoms with Crippen molar-refractivity contribution in [1.29, 1.82) is 0 Å². The van der Waals surface area contributed by atoms with E-state index in [4.69, 9.17) is 0 Å².